The first kappa shape index (κ1) is 15.4. The minimum atomic E-state index is -4.32. The number of halogens is 3. The predicted molar refractivity (Wildman–Crippen MR) is 75.9 cm³/mol. The first-order chi connectivity index (χ1) is 9.99. The third kappa shape index (κ3) is 4.49. The number of anilines is 1. The van der Waals surface area contributed by atoms with Gasteiger partial charge in [0.05, 0.1) is 12.2 Å². The van der Waals surface area contributed by atoms with Gasteiger partial charge in [-0.3, -0.25) is 0 Å². The summed E-state index contributed by atoms with van der Waals surface area (Å²) in [4.78, 5) is 0. The van der Waals surface area contributed by atoms with Gasteiger partial charge in [-0.05, 0) is 29.3 Å². The Hall–Kier alpha value is -2.01. The quantitative estimate of drug-likeness (QED) is 0.879. The fourth-order valence-electron chi connectivity index (χ4n) is 2.01. The van der Waals surface area contributed by atoms with Gasteiger partial charge in [0.1, 0.15) is 0 Å². The van der Waals surface area contributed by atoms with Gasteiger partial charge in [-0.15, -0.1) is 0 Å². The summed E-state index contributed by atoms with van der Waals surface area (Å²) < 4.78 is 42.9. The number of hydrogen-bond acceptors (Lipinski definition) is 2. The van der Waals surface area contributed by atoms with Crippen LogP contribution in [0.3, 0.4) is 0 Å². The van der Waals surface area contributed by atoms with Crippen LogP contribution in [0.1, 0.15) is 16.7 Å². The lowest BCUT2D eigenvalue weighted by Crippen LogP contribution is -2.06. The maximum atomic E-state index is 12.6. The number of methoxy groups -OCH3 is 1. The Kier molecular flexibility index (Phi) is 4.85. The van der Waals surface area contributed by atoms with Gasteiger partial charge < -0.3 is 10.1 Å². The van der Waals surface area contributed by atoms with Crippen LogP contribution in [0.25, 0.3) is 0 Å². The lowest BCUT2D eigenvalue weighted by molar-refractivity contribution is -0.137. The maximum absolute atomic E-state index is 12.6. The van der Waals surface area contributed by atoms with Gasteiger partial charge in [-0.2, -0.15) is 13.2 Å². The third-order valence-electron chi connectivity index (χ3n) is 2.99. The molecule has 0 aliphatic heterocycles. The van der Waals surface area contributed by atoms with Crippen LogP contribution >= 0.6 is 0 Å². The van der Waals surface area contributed by atoms with E-state index in [1.807, 2.05) is 24.3 Å². The van der Waals surface area contributed by atoms with Crippen LogP contribution in [0.15, 0.2) is 48.5 Å². The number of benzene rings is 2. The molecule has 2 aromatic carbocycles. The van der Waals surface area contributed by atoms with E-state index in [4.69, 9.17) is 4.74 Å². The maximum Gasteiger partial charge on any atom is 0.416 e. The average Bonchev–Trinajstić information content (AvgIpc) is 2.45. The van der Waals surface area contributed by atoms with E-state index >= 15 is 0 Å². The Morgan fingerprint density at radius 2 is 1.71 bits per heavy atom. The minimum absolute atomic E-state index is 0.446. The molecule has 112 valence electrons. The van der Waals surface area contributed by atoms with Crippen molar-refractivity contribution in [3.8, 4) is 0 Å². The van der Waals surface area contributed by atoms with Crippen LogP contribution in [0.4, 0.5) is 18.9 Å². The summed E-state index contributed by atoms with van der Waals surface area (Å²) in [6.45, 7) is 0.969. The normalized spacial score (nSPS) is 11.4. The van der Waals surface area contributed by atoms with Crippen LogP contribution in [0, 0.1) is 0 Å². The zero-order chi connectivity index (χ0) is 15.3. The van der Waals surface area contributed by atoms with Crippen molar-refractivity contribution in [3.05, 3.63) is 65.2 Å². The van der Waals surface area contributed by atoms with Gasteiger partial charge in [0.25, 0.3) is 0 Å². The summed E-state index contributed by atoms with van der Waals surface area (Å²) in [6.07, 6.45) is -4.32. The summed E-state index contributed by atoms with van der Waals surface area (Å²) in [6, 6.07) is 12.9. The molecule has 2 rings (SSSR count). The van der Waals surface area contributed by atoms with Crippen LogP contribution < -0.4 is 5.32 Å². The summed E-state index contributed by atoms with van der Waals surface area (Å²) >= 11 is 0. The van der Waals surface area contributed by atoms with Gasteiger partial charge in [0.2, 0.25) is 0 Å². The molecule has 0 heterocycles. The standard InChI is InChI=1S/C16H16F3NO/c1-21-11-13-5-2-4-12(8-13)10-20-15-7-3-6-14(9-15)16(17,18)19/h2-9,20H,10-11H2,1H3. The van der Waals surface area contributed by atoms with E-state index in [2.05, 4.69) is 5.32 Å². The second-order valence-electron chi connectivity index (χ2n) is 4.69. The largest absolute Gasteiger partial charge is 0.416 e. The van der Waals surface area contributed by atoms with Gasteiger partial charge in [-0.1, -0.05) is 30.3 Å². The molecule has 0 aliphatic carbocycles. The number of ether oxygens (including phenoxy) is 1. The van der Waals surface area contributed by atoms with E-state index in [9.17, 15) is 13.2 Å². The Labute approximate surface area is 121 Å². The molecule has 0 amide bonds. The molecular weight excluding hydrogens is 279 g/mol. The summed E-state index contributed by atoms with van der Waals surface area (Å²) in [5.74, 6) is 0. The Morgan fingerprint density at radius 3 is 2.43 bits per heavy atom. The van der Waals surface area contributed by atoms with Crippen LogP contribution in [0.2, 0.25) is 0 Å². The van der Waals surface area contributed by atoms with Crippen molar-refractivity contribution in [1.29, 1.82) is 0 Å². The number of rotatable bonds is 5. The molecule has 0 spiro atoms. The fourth-order valence-corrected chi connectivity index (χ4v) is 2.01. The van der Waals surface area contributed by atoms with Crippen molar-refractivity contribution >= 4 is 5.69 Å². The van der Waals surface area contributed by atoms with E-state index in [1.54, 1.807) is 13.2 Å². The molecule has 0 saturated heterocycles. The molecule has 0 radical (unpaired) electrons. The van der Waals surface area contributed by atoms with Crippen molar-refractivity contribution in [2.45, 2.75) is 19.3 Å². The van der Waals surface area contributed by atoms with Crippen LogP contribution in [0.5, 0.6) is 0 Å². The second-order valence-corrected chi connectivity index (χ2v) is 4.69. The van der Waals surface area contributed by atoms with E-state index in [0.29, 0.717) is 18.8 Å². The number of hydrogen-bond donors (Lipinski definition) is 1. The molecule has 21 heavy (non-hydrogen) atoms. The van der Waals surface area contributed by atoms with E-state index in [-0.39, 0.29) is 0 Å². The highest BCUT2D eigenvalue weighted by molar-refractivity contribution is 5.47. The van der Waals surface area contributed by atoms with Crippen molar-refractivity contribution < 1.29 is 17.9 Å². The molecule has 0 aromatic heterocycles. The first-order valence-electron chi connectivity index (χ1n) is 6.47. The zero-order valence-corrected chi connectivity index (χ0v) is 11.6. The molecule has 0 bridgehead atoms. The third-order valence-corrected chi connectivity index (χ3v) is 2.99. The molecule has 0 fully saturated rings. The Balaban J connectivity index is 2.04. The van der Waals surface area contributed by atoms with E-state index < -0.39 is 11.7 Å². The number of alkyl halides is 3. The highest BCUT2D eigenvalue weighted by Gasteiger charge is 2.30. The van der Waals surface area contributed by atoms with Crippen molar-refractivity contribution in [2.24, 2.45) is 0 Å². The SMILES string of the molecule is COCc1cccc(CNc2cccc(C(F)(F)F)c2)c1. The molecule has 0 saturated carbocycles. The summed E-state index contributed by atoms with van der Waals surface area (Å²) in [7, 11) is 1.62. The molecule has 5 heteroatoms. The Bertz CT molecular complexity index is 596. The van der Waals surface area contributed by atoms with Gasteiger partial charge in [0, 0.05) is 19.3 Å². The minimum Gasteiger partial charge on any atom is -0.381 e. The lowest BCUT2D eigenvalue weighted by atomic mass is 10.1. The van der Waals surface area contributed by atoms with Crippen molar-refractivity contribution in [2.75, 3.05) is 12.4 Å². The fraction of sp³-hybridized carbons (Fsp3) is 0.250. The molecule has 2 aromatic rings. The summed E-state index contributed by atoms with van der Waals surface area (Å²) in [5.41, 5.74) is 1.81. The highest BCUT2D eigenvalue weighted by atomic mass is 19.4. The molecule has 2 nitrogen and oxygen atoms in total. The van der Waals surface area contributed by atoms with Crippen LogP contribution in [-0.4, -0.2) is 7.11 Å². The predicted octanol–water partition coefficient (Wildman–Crippen LogP) is 4.46. The molecular formula is C16H16F3NO. The highest BCUT2D eigenvalue weighted by Crippen LogP contribution is 2.30. The van der Waals surface area contributed by atoms with Crippen molar-refractivity contribution in [3.63, 3.8) is 0 Å². The monoisotopic (exact) mass is 295 g/mol. The molecule has 1 N–H and O–H groups in total. The van der Waals surface area contributed by atoms with Crippen molar-refractivity contribution in [1.82, 2.24) is 0 Å². The van der Waals surface area contributed by atoms with Gasteiger partial charge in [0.15, 0.2) is 0 Å². The molecule has 0 aliphatic rings. The van der Waals surface area contributed by atoms with Crippen LogP contribution in [-0.2, 0) is 24.1 Å². The smallest absolute Gasteiger partial charge is 0.381 e. The summed E-state index contributed by atoms with van der Waals surface area (Å²) in [5, 5.41) is 3.00. The van der Waals surface area contributed by atoms with E-state index in [0.717, 1.165) is 23.3 Å². The first-order valence-corrected chi connectivity index (χ1v) is 6.47. The topological polar surface area (TPSA) is 21.3 Å². The Morgan fingerprint density at radius 1 is 1.00 bits per heavy atom. The van der Waals surface area contributed by atoms with E-state index in [1.165, 1.54) is 6.07 Å². The van der Waals surface area contributed by atoms with Gasteiger partial charge >= 0.3 is 6.18 Å². The number of nitrogens with one attached hydrogen (secondary N) is 1. The zero-order valence-electron chi connectivity index (χ0n) is 11.6. The molecule has 0 atom stereocenters. The lowest BCUT2D eigenvalue weighted by Gasteiger charge is -2.11. The molecule has 0 unspecified atom stereocenters. The second kappa shape index (κ2) is 6.63. The average molecular weight is 295 g/mol. The van der Waals surface area contributed by atoms with Gasteiger partial charge in [-0.25, -0.2) is 0 Å².